The molecule has 1 heterocycles. The normalized spacial score (nSPS) is 22.9. The van der Waals surface area contributed by atoms with E-state index in [0.717, 1.165) is 19.4 Å². The minimum atomic E-state index is -1.55. The van der Waals surface area contributed by atoms with Crippen molar-refractivity contribution in [3.8, 4) is 0 Å². The number of hydrogen-bond acceptors (Lipinski definition) is 5. The number of nitrogens with one attached hydrogen (secondary N) is 2. The molecule has 7 heteroatoms. The van der Waals surface area contributed by atoms with E-state index in [0.29, 0.717) is 6.42 Å². The first kappa shape index (κ1) is 18.4. The number of carbonyl (C=O) groups is 1. The van der Waals surface area contributed by atoms with E-state index in [9.17, 15) is 14.8 Å². The van der Waals surface area contributed by atoms with Gasteiger partial charge in [-0.05, 0) is 31.7 Å². The van der Waals surface area contributed by atoms with Crippen LogP contribution in [0.5, 0.6) is 0 Å². The molecule has 0 radical (unpaired) electrons. The zero-order valence-electron chi connectivity index (χ0n) is 13.5. The minimum Gasteiger partial charge on any atom is -0.426 e. The van der Waals surface area contributed by atoms with Crippen LogP contribution in [0.2, 0.25) is 0 Å². The van der Waals surface area contributed by atoms with Gasteiger partial charge in [0.15, 0.2) is 0 Å². The van der Waals surface area contributed by atoms with Crippen LogP contribution in [-0.4, -0.2) is 54.8 Å². The smallest absolute Gasteiger partial charge is 0.426 e. The van der Waals surface area contributed by atoms with Gasteiger partial charge in [-0.1, -0.05) is 20.8 Å². The van der Waals surface area contributed by atoms with E-state index < -0.39 is 13.1 Å². The highest BCUT2D eigenvalue weighted by molar-refractivity contribution is 6.43. The number of methoxy groups -OCH3 is 1. The van der Waals surface area contributed by atoms with E-state index in [1.807, 2.05) is 20.8 Å². The zero-order chi connectivity index (χ0) is 16.0. The Hall–Kier alpha value is -0.625. The SMILES string of the molecule is CO[C@@H]([C@@H]1CCCN1)[C@@H](C)C(=O)N[C@@H](CC(C)C)B(O)O. The molecular formula is C14H29BN2O4. The largest absolute Gasteiger partial charge is 0.475 e. The summed E-state index contributed by atoms with van der Waals surface area (Å²) in [5.41, 5.74) is 0. The molecule has 1 rings (SSSR count). The lowest BCUT2D eigenvalue weighted by molar-refractivity contribution is -0.130. The molecule has 0 bridgehead atoms. The Morgan fingerprint density at radius 3 is 2.52 bits per heavy atom. The molecule has 0 aromatic heterocycles. The maximum atomic E-state index is 12.4. The molecule has 4 N–H and O–H groups in total. The summed E-state index contributed by atoms with van der Waals surface area (Å²) in [4.78, 5) is 12.4. The highest BCUT2D eigenvalue weighted by Gasteiger charge is 2.35. The van der Waals surface area contributed by atoms with E-state index in [2.05, 4.69) is 10.6 Å². The van der Waals surface area contributed by atoms with E-state index in [4.69, 9.17) is 4.74 Å². The molecule has 1 aliphatic rings. The Bertz CT molecular complexity index is 322. The fourth-order valence-corrected chi connectivity index (χ4v) is 2.94. The van der Waals surface area contributed by atoms with Crippen molar-refractivity contribution in [1.82, 2.24) is 10.6 Å². The maximum absolute atomic E-state index is 12.4. The molecule has 0 saturated carbocycles. The zero-order valence-corrected chi connectivity index (χ0v) is 13.5. The summed E-state index contributed by atoms with van der Waals surface area (Å²) in [7, 11) is 0.0650. The third kappa shape index (κ3) is 5.58. The van der Waals surface area contributed by atoms with E-state index in [-0.39, 0.29) is 29.9 Å². The fourth-order valence-electron chi connectivity index (χ4n) is 2.94. The highest BCUT2D eigenvalue weighted by atomic mass is 16.5. The summed E-state index contributed by atoms with van der Waals surface area (Å²) >= 11 is 0. The molecule has 0 aliphatic carbocycles. The van der Waals surface area contributed by atoms with Crippen molar-refractivity contribution in [2.75, 3.05) is 13.7 Å². The van der Waals surface area contributed by atoms with Gasteiger partial charge in [-0.3, -0.25) is 4.79 Å². The maximum Gasteiger partial charge on any atom is 0.475 e. The Morgan fingerprint density at radius 1 is 1.43 bits per heavy atom. The summed E-state index contributed by atoms with van der Waals surface area (Å²) < 4.78 is 5.49. The Morgan fingerprint density at radius 2 is 2.10 bits per heavy atom. The quantitative estimate of drug-likeness (QED) is 0.471. The molecule has 4 atom stereocenters. The predicted octanol–water partition coefficient (Wildman–Crippen LogP) is -0.0676. The topological polar surface area (TPSA) is 90.8 Å². The van der Waals surface area contributed by atoms with Gasteiger partial charge in [-0.15, -0.1) is 0 Å². The summed E-state index contributed by atoms with van der Waals surface area (Å²) in [5.74, 6) is -0.926. The summed E-state index contributed by atoms with van der Waals surface area (Å²) in [6.07, 6.45) is 2.40. The molecule has 0 aromatic carbocycles. The molecule has 0 spiro atoms. The van der Waals surface area contributed by atoms with Crippen LogP contribution in [-0.2, 0) is 9.53 Å². The first-order valence-electron chi connectivity index (χ1n) is 7.79. The standard InChI is InChI=1S/C14H29BN2O4/c1-9(2)8-12(15(19)20)17-14(18)10(3)13(21-4)11-6-5-7-16-11/h9-13,16,19-20H,5-8H2,1-4H3,(H,17,18)/t10-,11+,12+,13-/m1/s1. The van der Waals surface area contributed by atoms with E-state index in [1.54, 1.807) is 7.11 Å². The van der Waals surface area contributed by atoms with Crippen molar-refractivity contribution in [1.29, 1.82) is 0 Å². The van der Waals surface area contributed by atoms with Crippen molar-refractivity contribution in [2.24, 2.45) is 11.8 Å². The minimum absolute atomic E-state index is 0.179. The molecule has 0 unspecified atom stereocenters. The second-order valence-electron chi connectivity index (χ2n) is 6.35. The van der Waals surface area contributed by atoms with Gasteiger partial charge in [0.2, 0.25) is 5.91 Å². The summed E-state index contributed by atoms with van der Waals surface area (Å²) in [6.45, 7) is 6.72. The van der Waals surface area contributed by atoms with Crippen LogP contribution in [0, 0.1) is 11.8 Å². The van der Waals surface area contributed by atoms with Gasteiger partial charge in [-0.2, -0.15) is 0 Å². The van der Waals surface area contributed by atoms with Gasteiger partial charge >= 0.3 is 7.12 Å². The van der Waals surface area contributed by atoms with Gasteiger partial charge in [-0.25, -0.2) is 0 Å². The average molecular weight is 300 g/mol. The molecule has 1 fully saturated rings. The van der Waals surface area contributed by atoms with Crippen molar-refractivity contribution < 1.29 is 19.6 Å². The van der Waals surface area contributed by atoms with Crippen molar-refractivity contribution >= 4 is 13.0 Å². The number of rotatable bonds is 8. The molecule has 0 aromatic rings. The van der Waals surface area contributed by atoms with E-state index >= 15 is 0 Å². The molecule has 1 amide bonds. The van der Waals surface area contributed by atoms with Crippen molar-refractivity contribution in [3.63, 3.8) is 0 Å². The fraction of sp³-hybridized carbons (Fsp3) is 0.929. The highest BCUT2D eigenvalue weighted by Crippen LogP contribution is 2.19. The third-order valence-corrected chi connectivity index (χ3v) is 4.09. The van der Waals surface area contributed by atoms with Crippen LogP contribution in [0.4, 0.5) is 0 Å². The number of hydrogen-bond donors (Lipinski definition) is 4. The molecule has 122 valence electrons. The van der Waals surface area contributed by atoms with Gasteiger partial charge in [0.1, 0.15) is 0 Å². The second-order valence-corrected chi connectivity index (χ2v) is 6.35. The van der Waals surface area contributed by atoms with Crippen molar-refractivity contribution in [2.45, 2.75) is 58.1 Å². The lowest BCUT2D eigenvalue weighted by Gasteiger charge is -2.29. The van der Waals surface area contributed by atoms with Crippen LogP contribution >= 0.6 is 0 Å². The van der Waals surface area contributed by atoms with Crippen LogP contribution < -0.4 is 10.6 Å². The number of ether oxygens (including phenoxy) is 1. The van der Waals surface area contributed by atoms with Crippen LogP contribution in [0.25, 0.3) is 0 Å². The monoisotopic (exact) mass is 300 g/mol. The predicted molar refractivity (Wildman–Crippen MR) is 82.6 cm³/mol. The van der Waals surface area contributed by atoms with Crippen LogP contribution in [0.15, 0.2) is 0 Å². The number of carbonyl (C=O) groups excluding carboxylic acids is 1. The molecule has 1 aliphatic heterocycles. The number of amides is 1. The van der Waals surface area contributed by atoms with Gasteiger partial charge in [0.25, 0.3) is 0 Å². The molecular weight excluding hydrogens is 271 g/mol. The molecule has 6 nitrogen and oxygen atoms in total. The lowest BCUT2D eigenvalue weighted by atomic mass is 9.74. The Labute approximate surface area is 127 Å². The second kappa shape index (κ2) is 8.73. The lowest BCUT2D eigenvalue weighted by Crippen LogP contribution is -2.52. The van der Waals surface area contributed by atoms with Crippen molar-refractivity contribution in [3.05, 3.63) is 0 Å². The first-order chi connectivity index (χ1) is 9.86. The first-order valence-corrected chi connectivity index (χ1v) is 7.79. The van der Waals surface area contributed by atoms with Gasteiger partial charge in [0, 0.05) is 13.2 Å². The third-order valence-electron chi connectivity index (χ3n) is 4.09. The van der Waals surface area contributed by atoms with Crippen LogP contribution in [0.1, 0.15) is 40.0 Å². The van der Waals surface area contributed by atoms with Gasteiger partial charge in [0.05, 0.1) is 18.0 Å². The molecule has 1 saturated heterocycles. The Kier molecular flexibility index (Phi) is 7.66. The average Bonchev–Trinajstić information content (AvgIpc) is 2.91. The summed E-state index contributed by atoms with van der Waals surface area (Å²) in [5, 5.41) is 24.9. The summed E-state index contributed by atoms with van der Waals surface area (Å²) in [6, 6.07) is 0.179. The Balaban J connectivity index is 2.61. The van der Waals surface area contributed by atoms with E-state index in [1.165, 1.54) is 0 Å². The van der Waals surface area contributed by atoms with Gasteiger partial charge < -0.3 is 25.4 Å². The molecule has 21 heavy (non-hydrogen) atoms. The van der Waals surface area contributed by atoms with Crippen LogP contribution in [0.3, 0.4) is 0 Å².